The second-order valence-electron chi connectivity index (χ2n) is 9.64. The molecule has 0 spiro atoms. The maximum absolute atomic E-state index is 6.52. The summed E-state index contributed by atoms with van der Waals surface area (Å²) in [6.45, 7) is 24.6. The predicted molar refractivity (Wildman–Crippen MR) is 131 cm³/mol. The maximum Gasteiger partial charge on any atom is 0.314 e. The fraction of sp³-hybridized carbons (Fsp3) is 1.00. The SMILES string of the molecule is C[Si]1(C)O[SiH2]O[SiH2]O[Si](C)(C)O[Si](C)(C)O[Si](C)(C)O[Si](C)(C)O[Si](C)(C)O1. The van der Waals surface area contributed by atoms with Crippen LogP contribution in [0.3, 0.4) is 0 Å². The standard InChI is InChI=1S/C12H40O8Si8/c1-23(2)14-21-13-22-15-24(3,4)17-26(7,8)19-28(11,12)20-27(9,10)18-25(5,6)16-23/h21-22H2,1-12H3. The lowest BCUT2D eigenvalue weighted by Crippen LogP contribution is -2.60. The normalized spacial score (nSPS) is 32.1. The Labute approximate surface area is 182 Å². The van der Waals surface area contributed by atoms with Crippen LogP contribution in [-0.4, -0.2) is 71.4 Å². The maximum atomic E-state index is 6.52. The van der Waals surface area contributed by atoms with Crippen LogP contribution in [0.25, 0.3) is 0 Å². The van der Waals surface area contributed by atoms with Crippen LogP contribution < -0.4 is 0 Å². The minimum Gasteiger partial charge on any atom is -0.425 e. The third-order valence-corrected chi connectivity index (χ3v) is 30.9. The van der Waals surface area contributed by atoms with E-state index in [1.165, 1.54) is 0 Å². The van der Waals surface area contributed by atoms with Gasteiger partial charge in [-0.05, 0) is 78.6 Å². The van der Waals surface area contributed by atoms with Crippen molar-refractivity contribution in [2.75, 3.05) is 0 Å². The minimum atomic E-state index is -2.48. The summed E-state index contributed by atoms with van der Waals surface area (Å²) in [7, 11) is -16.8. The third-order valence-electron chi connectivity index (χ3n) is 3.44. The summed E-state index contributed by atoms with van der Waals surface area (Å²) in [4.78, 5) is 0. The van der Waals surface area contributed by atoms with Gasteiger partial charge in [-0.15, -0.1) is 0 Å². The lowest BCUT2D eigenvalue weighted by molar-refractivity contribution is 0.257. The average molecular weight is 537 g/mol. The van der Waals surface area contributed by atoms with Gasteiger partial charge in [-0.1, -0.05) is 0 Å². The molecule has 0 aliphatic carbocycles. The van der Waals surface area contributed by atoms with Crippen molar-refractivity contribution in [3.8, 4) is 0 Å². The molecule has 1 fully saturated rings. The Morgan fingerprint density at radius 3 is 0.821 bits per heavy atom. The Morgan fingerprint density at radius 1 is 0.357 bits per heavy atom. The summed E-state index contributed by atoms with van der Waals surface area (Å²) in [5, 5.41) is 0. The molecule has 0 radical (unpaired) electrons. The van der Waals surface area contributed by atoms with E-state index < -0.39 is 71.4 Å². The first-order valence-electron chi connectivity index (χ1n) is 9.60. The zero-order valence-electron chi connectivity index (χ0n) is 19.7. The molecule has 0 N–H and O–H groups in total. The topological polar surface area (TPSA) is 73.8 Å². The van der Waals surface area contributed by atoms with Gasteiger partial charge < -0.3 is 32.9 Å². The second kappa shape index (κ2) is 9.50. The van der Waals surface area contributed by atoms with E-state index in [0.29, 0.717) is 0 Å². The van der Waals surface area contributed by atoms with Gasteiger partial charge in [-0.25, -0.2) is 0 Å². The van der Waals surface area contributed by atoms with Crippen molar-refractivity contribution in [1.29, 1.82) is 0 Å². The predicted octanol–water partition coefficient (Wildman–Crippen LogP) is 2.34. The monoisotopic (exact) mass is 536 g/mol. The summed E-state index contributed by atoms with van der Waals surface area (Å²) in [5.41, 5.74) is 0. The first-order chi connectivity index (χ1) is 12.2. The van der Waals surface area contributed by atoms with Gasteiger partial charge in [0.25, 0.3) is 20.0 Å². The van der Waals surface area contributed by atoms with Crippen LogP contribution in [0, 0.1) is 0 Å². The first-order valence-corrected chi connectivity index (χ1v) is 28.8. The molecule has 0 atom stereocenters. The Balaban J connectivity index is 3.09. The molecule has 0 aromatic rings. The van der Waals surface area contributed by atoms with Gasteiger partial charge in [0, 0.05) is 0 Å². The molecule has 8 nitrogen and oxygen atoms in total. The van der Waals surface area contributed by atoms with Crippen LogP contribution in [0.1, 0.15) is 0 Å². The molecule has 0 unspecified atom stereocenters. The van der Waals surface area contributed by atoms with Crippen molar-refractivity contribution in [3.63, 3.8) is 0 Å². The highest BCUT2D eigenvalue weighted by molar-refractivity contribution is 6.91. The van der Waals surface area contributed by atoms with Crippen molar-refractivity contribution in [2.45, 2.75) is 78.6 Å². The molecule has 1 aliphatic heterocycles. The molecule has 168 valence electrons. The summed E-state index contributed by atoms with van der Waals surface area (Å²) in [5.74, 6) is 0. The van der Waals surface area contributed by atoms with Gasteiger partial charge >= 0.3 is 51.4 Å². The lowest BCUT2D eigenvalue weighted by atomic mass is 11.9. The fourth-order valence-corrected chi connectivity index (χ4v) is 35.6. The van der Waals surface area contributed by atoms with Crippen molar-refractivity contribution in [2.24, 2.45) is 0 Å². The third kappa shape index (κ3) is 11.2. The van der Waals surface area contributed by atoms with E-state index in [0.717, 1.165) is 0 Å². The van der Waals surface area contributed by atoms with E-state index in [2.05, 4.69) is 52.4 Å². The highest BCUT2D eigenvalue weighted by atomic mass is 28.5. The molecule has 0 amide bonds. The summed E-state index contributed by atoms with van der Waals surface area (Å²) < 4.78 is 50.2. The van der Waals surface area contributed by atoms with Crippen molar-refractivity contribution < 1.29 is 32.9 Å². The molecule has 0 aromatic carbocycles. The van der Waals surface area contributed by atoms with Crippen molar-refractivity contribution in [3.05, 3.63) is 0 Å². The Kier molecular flexibility index (Phi) is 9.31. The molecule has 0 bridgehead atoms. The van der Waals surface area contributed by atoms with E-state index in [1.54, 1.807) is 0 Å². The lowest BCUT2D eigenvalue weighted by Gasteiger charge is -2.43. The average Bonchev–Trinajstić information content (AvgIpc) is 2.27. The van der Waals surface area contributed by atoms with Gasteiger partial charge in [0.05, 0.1) is 0 Å². The van der Waals surface area contributed by atoms with Crippen LogP contribution in [0.2, 0.25) is 78.6 Å². The van der Waals surface area contributed by atoms with E-state index in [1.807, 2.05) is 26.2 Å². The first kappa shape index (κ1) is 27.4. The molecule has 0 saturated carbocycles. The molecule has 1 saturated heterocycles. The molecular formula is C12H40O8Si8. The molecule has 1 aliphatic rings. The summed E-state index contributed by atoms with van der Waals surface area (Å²) in [6.07, 6.45) is 0. The van der Waals surface area contributed by atoms with E-state index in [4.69, 9.17) is 32.9 Å². The molecule has 1 rings (SSSR count). The zero-order valence-corrected chi connectivity index (χ0v) is 28.5. The van der Waals surface area contributed by atoms with Crippen LogP contribution >= 0.6 is 0 Å². The summed E-state index contributed by atoms with van der Waals surface area (Å²) >= 11 is 0. The Morgan fingerprint density at radius 2 is 0.571 bits per heavy atom. The van der Waals surface area contributed by atoms with E-state index in [9.17, 15) is 0 Å². The zero-order chi connectivity index (χ0) is 22.1. The number of hydrogen-bond donors (Lipinski definition) is 0. The largest absolute Gasteiger partial charge is 0.425 e. The number of rotatable bonds is 0. The molecule has 1 heterocycles. The molecular weight excluding hydrogens is 497 g/mol. The molecule has 16 heteroatoms. The van der Waals surface area contributed by atoms with Gasteiger partial charge in [-0.2, -0.15) is 0 Å². The smallest absolute Gasteiger partial charge is 0.314 e. The summed E-state index contributed by atoms with van der Waals surface area (Å²) in [6, 6.07) is 0. The van der Waals surface area contributed by atoms with Crippen molar-refractivity contribution in [1.82, 2.24) is 0 Å². The van der Waals surface area contributed by atoms with Gasteiger partial charge in [-0.3, -0.25) is 0 Å². The van der Waals surface area contributed by atoms with Crippen LogP contribution in [-0.2, 0) is 32.9 Å². The second-order valence-corrected chi connectivity index (χ2v) is 34.9. The van der Waals surface area contributed by atoms with Crippen LogP contribution in [0.4, 0.5) is 0 Å². The van der Waals surface area contributed by atoms with Gasteiger partial charge in [0.15, 0.2) is 0 Å². The Hall–Kier alpha value is 1.42. The van der Waals surface area contributed by atoms with E-state index in [-0.39, 0.29) is 0 Å². The highest BCUT2D eigenvalue weighted by Crippen LogP contribution is 2.27. The number of hydrogen-bond acceptors (Lipinski definition) is 8. The van der Waals surface area contributed by atoms with Crippen LogP contribution in [0.15, 0.2) is 0 Å². The van der Waals surface area contributed by atoms with Gasteiger partial charge in [0.1, 0.15) is 0 Å². The van der Waals surface area contributed by atoms with Crippen LogP contribution in [0.5, 0.6) is 0 Å². The van der Waals surface area contributed by atoms with Crippen molar-refractivity contribution >= 4 is 71.4 Å². The van der Waals surface area contributed by atoms with E-state index >= 15 is 0 Å². The highest BCUT2D eigenvalue weighted by Gasteiger charge is 2.48. The quantitative estimate of drug-likeness (QED) is 0.437. The van der Waals surface area contributed by atoms with Gasteiger partial charge in [0.2, 0.25) is 0 Å². The minimum absolute atomic E-state index is 1.15. The fourth-order valence-electron chi connectivity index (χ4n) is 3.50. The Bertz CT molecular complexity index is 484. The molecule has 0 aromatic heterocycles. The molecule has 28 heavy (non-hydrogen) atoms.